The van der Waals surface area contributed by atoms with Gasteiger partial charge in [0.2, 0.25) is 0 Å². The predicted molar refractivity (Wildman–Crippen MR) is 150 cm³/mol. The number of esters is 1. The molecule has 0 saturated carbocycles. The molecular formula is C31H43ClO5. The number of carbonyl (C=O) groups excluding carboxylic acids is 2. The van der Waals surface area contributed by atoms with Gasteiger partial charge < -0.3 is 14.2 Å². The minimum Gasteiger partial charge on any atom is -0.434 e. The highest BCUT2D eigenvalue weighted by Gasteiger charge is 2.30. The Kier molecular flexibility index (Phi) is 14.2. The van der Waals surface area contributed by atoms with Gasteiger partial charge >= 0.3 is 12.1 Å². The molecule has 0 fully saturated rings. The van der Waals surface area contributed by atoms with Crippen LogP contribution in [0.3, 0.4) is 0 Å². The molecule has 0 aromatic heterocycles. The highest BCUT2D eigenvalue weighted by molar-refractivity contribution is 6.22. The molecule has 0 heterocycles. The van der Waals surface area contributed by atoms with Crippen LogP contribution in [0.2, 0.25) is 0 Å². The third-order valence-corrected chi connectivity index (χ3v) is 7.48. The molecule has 2 rings (SSSR count). The second-order valence-electron chi connectivity index (χ2n) is 9.64. The van der Waals surface area contributed by atoms with Crippen LogP contribution in [0.15, 0.2) is 48.5 Å². The lowest BCUT2D eigenvalue weighted by atomic mass is 9.91. The molecule has 2 aromatic rings. The Labute approximate surface area is 227 Å². The van der Waals surface area contributed by atoms with E-state index in [-0.39, 0.29) is 23.2 Å². The Balaban J connectivity index is 1.81. The summed E-state index contributed by atoms with van der Waals surface area (Å²) in [5, 5.41) is -0.250. The average molecular weight is 531 g/mol. The van der Waals surface area contributed by atoms with Gasteiger partial charge in [-0.1, -0.05) is 96.9 Å². The fraction of sp³-hybridized carbons (Fsp3) is 0.548. The van der Waals surface area contributed by atoms with Gasteiger partial charge in [0.1, 0.15) is 11.5 Å². The number of unbranched alkanes of at least 4 members (excludes halogenated alkanes) is 6. The number of hydrogen-bond donors (Lipinski definition) is 0. The fourth-order valence-corrected chi connectivity index (χ4v) is 4.57. The molecular weight excluding hydrogens is 488 g/mol. The molecule has 0 amide bonds. The summed E-state index contributed by atoms with van der Waals surface area (Å²) in [6.07, 6.45) is 9.02. The molecule has 2 aromatic carbocycles. The monoisotopic (exact) mass is 530 g/mol. The zero-order valence-electron chi connectivity index (χ0n) is 22.8. The minimum absolute atomic E-state index is 0.237. The van der Waals surface area contributed by atoms with Crippen molar-refractivity contribution < 1.29 is 23.8 Å². The van der Waals surface area contributed by atoms with Crippen LogP contribution in [0.1, 0.15) is 85.5 Å². The van der Waals surface area contributed by atoms with Crippen molar-refractivity contribution in [3.05, 3.63) is 48.5 Å². The molecule has 0 aliphatic carbocycles. The summed E-state index contributed by atoms with van der Waals surface area (Å²) in [4.78, 5) is 24.6. The van der Waals surface area contributed by atoms with Crippen molar-refractivity contribution in [2.75, 3.05) is 6.61 Å². The second-order valence-corrected chi connectivity index (χ2v) is 10.1. The molecule has 0 N–H and O–H groups in total. The molecule has 0 radical (unpaired) electrons. The SMILES string of the molecule is CCCCCCCCCOC(=O)Oc1ccc(-c2ccc(OC(=O)[C@H](CC)C(Cl)C(C)CC)cc2)cc1. The highest BCUT2D eigenvalue weighted by atomic mass is 35.5. The van der Waals surface area contributed by atoms with E-state index < -0.39 is 6.16 Å². The standard InChI is InChI=1S/C31H43ClO5/c1-5-8-9-10-11-12-13-22-35-31(34)37-27-20-16-25(17-21-27)24-14-18-26(19-15-24)36-30(33)28(7-3)29(32)23(4)6-2/h14-21,23,28-29H,5-13,22H2,1-4H3/t23?,28-,29?/m1/s1. The van der Waals surface area contributed by atoms with Gasteiger partial charge in [0, 0.05) is 5.38 Å². The normalized spacial score (nSPS) is 13.4. The quantitative estimate of drug-likeness (QED) is 0.0711. The molecule has 0 spiro atoms. The first kappa shape index (κ1) is 30.7. The van der Waals surface area contributed by atoms with Gasteiger partial charge in [0.15, 0.2) is 0 Å². The van der Waals surface area contributed by atoms with E-state index in [2.05, 4.69) is 20.8 Å². The number of benzene rings is 2. The van der Waals surface area contributed by atoms with Crippen molar-refractivity contribution >= 4 is 23.7 Å². The molecule has 6 heteroatoms. The smallest absolute Gasteiger partial charge is 0.434 e. The maximum Gasteiger partial charge on any atom is 0.513 e. The van der Waals surface area contributed by atoms with Crippen LogP contribution in [0.4, 0.5) is 4.79 Å². The summed E-state index contributed by atoms with van der Waals surface area (Å²) in [5.41, 5.74) is 1.90. The molecule has 3 atom stereocenters. The summed E-state index contributed by atoms with van der Waals surface area (Å²) < 4.78 is 16.1. The number of hydrogen-bond acceptors (Lipinski definition) is 5. The van der Waals surface area contributed by atoms with Crippen LogP contribution in [-0.4, -0.2) is 24.1 Å². The van der Waals surface area contributed by atoms with Crippen LogP contribution in [0.25, 0.3) is 11.1 Å². The predicted octanol–water partition coefficient (Wildman–Crippen LogP) is 9.20. The second kappa shape index (κ2) is 17.1. The Hall–Kier alpha value is -2.53. The summed E-state index contributed by atoms with van der Waals surface area (Å²) >= 11 is 6.53. The lowest BCUT2D eigenvalue weighted by molar-refractivity contribution is -0.139. The Morgan fingerprint density at radius 2 is 1.24 bits per heavy atom. The topological polar surface area (TPSA) is 61.8 Å². The van der Waals surface area contributed by atoms with Crippen LogP contribution >= 0.6 is 11.6 Å². The van der Waals surface area contributed by atoms with Crippen molar-refractivity contribution in [2.45, 2.75) is 90.9 Å². The highest BCUT2D eigenvalue weighted by Crippen LogP contribution is 2.28. The van der Waals surface area contributed by atoms with Gasteiger partial charge in [-0.05, 0) is 54.2 Å². The number of rotatable bonds is 16. The average Bonchev–Trinajstić information content (AvgIpc) is 2.91. The Morgan fingerprint density at radius 1 is 0.730 bits per heavy atom. The third kappa shape index (κ3) is 10.8. The van der Waals surface area contributed by atoms with Crippen molar-refractivity contribution in [3.63, 3.8) is 0 Å². The summed E-state index contributed by atoms with van der Waals surface area (Å²) in [6, 6.07) is 14.6. The molecule has 2 unspecified atom stereocenters. The molecule has 5 nitrogen and oxygen atoms in total. The van der Waals surface area contributed by atoms with Crippen molar-refractivity contribution in [2.24, 2.45) is 11.8 Å². The number of alkyl halides is 1. The third-order valence-electron chi connectivity index (χ3n) is 6.74. The first-order valence-electron chi connectivity index (χ1n) is 13.8. The zero-order valence-corrected chi connectivity index (χ0v) is 23.6. The van der Waals surface area contributed by atoms with Gasteiger partial charge in [-0.25, -0.2) is 4.79 Å². The largest absolute Gasteiger partial charge is 0.513 e. The van der Waals surface area contributed by atoms with Gasteiger partial charge in [0.25, 0.3) is 0 Å². The number of halogens is 1. The molecule has 0 aliphatic heterocycles. The van der Waals surface area contributed by atoms with Crippen LogP contribution in [0, 0.1) is 11.8 Å². The van der Waals surface area contributed by atoms with Crippen molar-refractivity contribution in [3.8, 4) is 22.6 Å². The molecule has 0 aliphatic rings. The maximum atomic E-state index is 12.7. The summed E-state index contributed by atoms with van der Waals surface area (Å²) in [6.45, 7) is 8.66. The van der Waals surface area contributed by atoms with Gasteiger partial charge in [-0.2, -0.15) is 0 Å². The van der Waals surface area contributed by atoms with E-state index in [1.807, 2.05) is 31.2 Å². The van der Waals surface area contributed by atoms with E-state index in [4.69, 9.17) is 25.8 Å². The van der Waals surface area contributed by atoms with E-state index in [0.29, 0.717) is 24.5 Å². The fourth-order valence-electron chi connectivity index (χ4n) is 4.11. The maximum absolute atomic E-state index is 12.7. The van der Waals surface area contributed by atoms with Crippen LogP contribution in [0.5, 0.6) is 11.5 Å². The van der Waals surface area contributed by atoms with Crippen molar-refractivity contribution in [1.82, 2.24) is 0 Å². The molecule has 204 valence electrons. The lowest BCUT2D eigenvalue weighted by Crippen LogP contribution is -2.31. The van der Waals surface area contributed by atoms with Gasteiger partial charge in [0.05, 0.1) is 12.5 Å². The Bertz CT molecular complexity index is 926. The van der Waals surface area contributed by atoms with Crippen molar-refractivity contribution in [1.29, 1.82) is 0 Å². The summed E-state index contributed by atoms with van der Waals surface area (Å²) in [7, 11) is 0. The van der Waals surface area contributed by atoms with E-state index in [1.165, 1.54) is 32.1 Å². The first-order chi connectivity index (χ1) is 17.9. The van der Waals surface area contributed by atoms with E-state index in [0.717, 1.165) is 30.4 Å². The first-order valence-corrected chi connectivity index (χ1v) is 14.2. The molecule has 37 heavy (non-hydrogen) atoms. The lowest BCUT2D eigenvalue weighted by Gasteiger charge is -2.23. The Morgan fingerprint density at radius 3 is 1.76 bits per heavy atom. The van der Waals surface area contributed by atoms with Gasteiger partial charge in [-0.3, -0.25) is 4.79 Å². The van der Waals surface area contributed by atoms with E-state index >= 15 is 0 Å². The van der Waals surface area contributed by atoms with E-state index in [1.54, 1.807) is 24.3 Å². The van der Waals surface area contributed by atoms with E-state index in [9.17, 15) is 9.59 Å². The van der Waals surface area contributed by atoms with Crippen LogP contribution < -0.4 is 9.47 Å². The minimum atomic E-state index is -0.678. The zero-order chi connectivity index (χ0) is 27.0. The number of ether oxygens (including phenoxy) is 3. The molecule has 0 saturated heterocycles. The van der Waals surface area contributed by atoms with Crippen LogP contribution in [-0.2, 0) is 9.53 Å². The number of carbonyl (C=O) groups is 2. The van der Waals surface area contributed by atoms with Gasteiger partial charge in [-0.15, -0.1) is 11.6 Å². The summed E-state index contributed by atoms with van der Waals surface area (Å²) in [5.74, 6) is 0.521. The molecule has 0 bridgehead atoms.